The number of esters is 1. The van der Waals surface area contributed by atoms with Crippen LogP contribution in [0.5, 0.6) is 0 Å². The van der Waals surface area contributed by atoms with Crippen molar-refractivity contribution in [3.63, 3.8) is 0 Å². The van der Waals surface area contributed by atoms with Crippen LogP contribution in [0.25, 0.3) is 0 Å². The van der Waals surface area contributed by atoms with Gasteiger partial charge in [0.15, 0.2) is 0 Å². The van der Waals surface area contributed by atoms with Crippen molar-refractivity contribution in [2.24, 2.45) is 0 Å². The molecule has 6 heteroatoms. The number of thiol groups is 1. The highest BCUT2D eigenvalue weighted by atomic mass is 32.1. The average Bonchev–Trinajstić information content (AvgIpc) is 2.03. The van der Waals surface area contributed by atoms with Gasteiger partial charge in [-0.2, -0.15) is 0 Å². The van der Waals surface area contributed by atoms with Gasteiger partial charge >= 0.3 is 11.1 Å². The molecule has 1 atom stereocenters. The van der Waals surface area contributed by atoms with Gasteiger partial charge in [0.05, 0.1) is 22.6 Å². The van der Waals surface area contributed by atoms with Crippen molar-refractivity contribution < 1.29 is 19.0 Å². The number of hydrogen-bond acceptors (Lipinski definition) is 5. The Bertz CT molecular complexity index is 188. The van der Waals surface area contributed by atoms with E-state index in [0.29, 0.717) is 6.61 Å². The maximum Gasteiger partial charge on any atom is 0.378 e. The Hall–Kier alpha value is -0.0431. The molecule has 0 fully saturated rings. The molecule has 0 aromatic carbocycles. The summed E-state index contributed by atoms with van der Waals surface area (Å²) in [4.78, 5) is 11.4. The third kappa shape index (κ3) is 4.45. The molecule has 0 aliphatic rings. The molecule has 0 saturated carbocycles. The molecule has 81 valence electrons. The Balaban J connectivity index is 4.43. The maximum atomic E-state index is 11.4. The van der Waals surface area contributed by atoms with Crippen molar-refractivity contribution in [3.05, 3.63) is 0 Å². The van der Waals surface area contributed by atoms with E-state index in [1.54, 1.807) is 20.8 Å². The molecular formula is C8H15O4SSi. The van der Waals surface area contributed by atoms with E-state index >= 15 is 0 Å². The van der Waals surface area contributed by atoms with Crippen LogP contribution < -0.4 is 0 Å². The highest BCUT2D eigenvalue weighted by Crippen LogP contribution is 2.22. The molecule has 14 heavy (non-hydrogen) atoms. The second-order valence-corrected chi connectivity index (χ2v) is 3.64. The predicted molar refractivity (Wildman–Crippen MR) is 56.3 cm³/mol. The van der Waals surface area contributed by atoms with Crippen LogP contribution in [0.3, 0.4) is 0 Å². The fourth-order valence-electron chi connectivity index (χ4n) is 0.813. The number of hydrogen-bond donors (Lipinski definition) is 1. The molecule has 4 nitrogen and oxygen atoms in total. The van der Waals surface area contributed by atoms with Crippen molar-refractivity contribution in [2.75, 3.05) is 12.8 Å². The van der Waals surface area contributed by atoms with Gasteiger partial charge in [0, 0.05) is 6.61 Å². The van der Waals surface area contributed by atoms with Crippen LogP contribution in [0.4, 0.5) is 0 Å². The standard InChI is InChI=1S/C8H15O4SSi/c1-4-11-8(13,12-6(2)3)7(9)10-5-14/h6,13H,4-5H2,1-3H3. The summed E-state index contributed by atoms with van der Waals surface area (Å²) in [6.07, 6.45) is -0.100. The monoisotopic (exact) mass is 235 g/mol. The van der Waals surface area contributed by atoms with Gasteiger partial charge < -0.3 is 14.2 Å². The van der Waals surface area contributed by atoms with Gasteiger partial charge in [0.1, 0.15) is 0 Å². The molecule has 0 spiro atoms. The van der Waals surface area contributed by atoms with Gasteiger partial charge in [-0.25, -0.2) is 4.79 Å². The van der Waals surface area contributed by atoms with Gasteiger partial charge in [-0.1, -0.05) is 0 Å². The molecule has 0 aliphatic heterocycles. The van der Waals surface area contributed by atoms with Gasteiger partial charge in [0.2, 0.25) is 0 Å². The molecule has 0 saturated heterocycles. The molecule has 0 aromatic rings. The molecule has 0 amide bonds. The quantitative estimate of drug-likeness (QED) is 0.319. The second-order valence-electron chi connectivity index (χ2n) is 2.76. The minimum Gasteiger partial charge on any atom is -0.466 e. The first-order valence-electron chi connectivity index (χ1n) is 4.32. The summed E-state index contributed by atoms with van der Waals surface area (Å²) in [6, 6.07) is 0. The van der Waals surface area contributed by atoms with Crippen molar-refractivity contribution in [3.8, 4) is 0 Å². The molecule has 0 heterocycles. The zero-order valence-corrected chi connectivity index (χ0v) is 10.5. The van der Waals surface area contributed by atoms with Gasteiger partial charge in [-0.05, 0) is 20.8 Å². The minimum atomic E-state index is -1.62. The van der Waals surface area contributed by atoms with Gasteiger partial charge in [-0.3, -0.25) is 0 Å². The number of carbonyl (C=O) groups excluding carboxylic acids is 1. The summed E-state index contributed by atoms with van der Waals surface area (Å²) >= 11 is 4.03. The molecule has 0 N–H and O–H groups in total. The predicted octanol–water partition coefficient (Wildman–Crippen LogP) is 0.701. The number of ether oxygens (including phenoxy) is 3. The minimum absolute atomic E-state index is 0.0790. The summed E-state index contributed by atoms with van der Waals surface area (Å²) in [5.41, 5.74) is 0. The summed E-state index contributed by atoms with van der Waals surface area (Å²) in [5, 5.41) is -1.62. The van der Waals surface area contributed by atoms with Crippen LogP contribution in [0.15, 0.2) is 0 Å². The first-order chi connectivity index (χ1) is 6.46. The van der Waals surface area contributed by atoms with Crippen LogP contribution >= 0.6 is 12.6 Å². The topological polar surface area (TPSA) is 44.8 Å². The Kier molecular flexibility index (Phi) is 6.42. The lowest BCUT2D eigenvalue weighted by Crippen LogP contribution is -2.42. The lowest BCUT2D eigenvalue weighted by Gasteiger charge is -2.27. The Morgan fingerprint density at radius 3 is 2.50 bits per heavy atom. The summed E-state index contributed by atoms with van der Waals surface area (Å²) < 4.78 is 15.0. The zero-order valence-electron chi connectivity index (χ0n) is 8.57. The van der Waals surface area contributed by atoms with Crippen molar-refractivity contribution in [2.45, 2.75) is 32.0 Å². The van der Waals surface area contributed by atoms with Crippen LogP contribution in [0.2, 0.25) is 0 Å². The maximum absolute atomic E-state index is 11.4. The Morgan fingerprint density at radius 1 is 1.57 bits per heavy atom. The van der Waals surface area contributed by atoms with E-state index in [4.69, 9.17) is 14.2 Å². The van der Waals surface area contributed by atoms with E-state index in [2.05, 4.69) is 22.9 Å². The van der Waals surface area contributed by atoms with Crippen LogP contribution in [0, 0.1) is 0 Å². The molecule has 0 bridgehead atoms. The smallest absolute Gasteiger partial charge is 0.378 e. The van der Waals surface area contributed by atoms with E-state index in [1.165, 1.54) is 0 Å². The van der Waals surface area contributed by atoms with Crippen molar-refractivity contribution in [1.29, 1.82) is 0 Å². The van der Waals surface area contributed by atoms with Crippen molar-refractivity contribution in [1.82, 2.24) is 0 Å². The molecular weight excluding hydrogens is 220 g/mol. The third-order valence-electron chi connectivity index (χ3n) is 1.20. The lowest BCUT2D eigenvalue weighted by atomic mass is 10.5. The molecule has 3 radical (unpaired) electrons. The molecule has 1 unspecified atom stereocenters. The second kappa shape index (κ2) is 6.44. The summed E-state index contributed by atoms with van der Waals surface area (Å²) in [7, 11) is 3.02. The van der Waals surface area contributed by atoms with Crippen LogP contribution in [0.1, 0.15) is 20.8 Å². The summed E-state index contributed by atoms with van der Waals surface area (Å²) in [6.45, 7) is 5.62. The van der Waals surface area contributed by atoms with Gasteiger partial charge in [-0.15, -0.1) is 12.6 Å². The SMILES string of the molecule is CCOC(S)(OC(C)C)C(=O)OC[Si]. The average molecular weight is 235 g/mol. The molecule has 0 aliphatic carbocycles. The van der Waals surface area contributed by atoms with E-state index in [9.17, 15) is 4.79 Å². The normalized spacial score (nSPS) is 15.3. The van der Waals surface area contributed by atoms with Crippen LogP contribution in [-0.2, 0) is 19.0 Å². The lowest BCUT2D eigenvalue weighted by molar-refractivity contribution is -0.214. The molecule has 0 rings (SSSR count). The first kappa shape index (κ1) is 14.0. The van der Waals surface area contributed by atoms with E-state index in [-0.39, 0.29) is 12.3 Å². The van der Waals surface area contributed by atoms with E-state index in [0.717, 1.165) is 0 Å². The highest BCUT2D eigenvalue weighted by Gasteiger charge is 2.39. The van der Waals surface area contributed by atoms with E-state index in [1.807, 2.05) is 0 Å². The van der Waals surface area contributed by atoms with Gasteiger partial charge in [0.25, 0.3) is 0 Å². The largest absolute Gasteiger partial charge is 0.466 e. The zero-order chi connectivity index (χ0) is 11.2. The number of carbonyl (C=O) groups is 1. The number of rotatable bonds is 6. The van der Waals surface area contributed by atoms with E-state index < -0.39 is 11.1 Å². The first-order valence-corrected chi connectivity index (χ1v) is 5.47. The van der Waals surface area contributed by atoms with Crippen LogP contribution in [-0.4, -0.2) is 40.3 Å². The highest BCUT2D eigenvalue weighted by molar-refractivity contribution is 7.82. The third-order valence-corrected chi connectivity index (χ3v) is 1.76. The Labute approximate surface area is 93.1 Å². The Morgan fingerprint density at radius 2 is 2.14 bits per heavy atom. The fourth-order valence-corrected chi connectivity index (χ4v) is 1.35. The fraction of sp³-hybridized carbons (Fsp3) is 0.875. The van der Waals surface area contributed by atoms with Crippen molar-refractivity contribution >= 4 is 28.8 Å². The summed E-state index contributed by atoms with van der Waals surface area (Å²) in [5.74, 6) is -0.661. The molecule has 0 aromatic heterocycles.